The van der Waals surface area contributed by atoms with E-state index in [-0.39, 0.29) is 22.2 Å². The molecule has 104 valence electrons. The van der Waals surface area contributed by atoms with Crippen molar-refractivity contribution in [2.45, 2.75) is 20.3 Å². The predicted octanol–water partition coefficient (Wildman–Crippen LogP) is 4.09. The number of hydrogen-bond donors (Lipinski definition) is 2. The lowest BCUT2D eigenvalue weighted by Gasteiger charge is -2.18. The zero-order valence-corrected chi connectivity index (χ0v) is 12.5. The number of carboxylic acids is 1. The number of carbonyl (C=O) groups is 2. The summed E-state index contributed by atoms with van der Waals surface area (Å²) in [7, 11) is 0. The molecule has 0 spiro atoms. The first kappa shape index (κ1) is 16.1. The molecule has 0 aliphatic carbocycles. The van der Waals surface area contributed by atoms with Crippen LogP contribution in [0.5, 0.6) is 0 Å². The van der Waals surface area contributed by atoms with E-state index in [0.717, 1.165) is 0 Å². The molecule has 0 aromatic heterocycles. The summed E-state index contributed by atoms with van der Waals surface area (Å²) in [5.74, 6) is -1.55. The zero-order valence-electron chi connectivity index (χ0n) is 10.3. The van der Waals surface area contributed by atoms with Gasteiger partial charge in [-0.15, -0.1) is 0 Å². The third-order valence-electron chi connectivity index (χ3n) is 2.45. The molecule has 0 heterocycles. The fourth-order valence-electron chi connectivity index (χ4n) is 1.32. The van der Waals surface area contributed by atoms with E-state index in [1.54, 1.807) is 0 Å². The topological polar surface area (TPSA) is 66.4 Å². The number of nitrogens with one attached hydrogen (secondary N) is 1. The molecule has 1 amide bonds. The van der Waals surface area contributed by atoms with Crippen molar-refractivity contribution in [3.63, 3.8) is 0 Å². The number of aliphatic carboxylic acids is 1. The predicted molar refractivity (Wildman–Crippen MR) is 76.1 cm³/mol. The average molecular weight is 325 g/mol. The van der Waals surface area contributed by atoms with E-state index in [9.17, 15) is 9.59 Å². The summed E-state index contributed by atoms with van der Waals surface area (Å²) in [4.78, 5) is 22.7. The first-order valence-electron chi connectivity index (χ1n) is 5.31. The van der Waals surface area contributed by atoms with Crippen LogP contribution in [0, 0.1) is 5.41 Å². The number of carbonyl (C=O) groups excluding carboxylic acids is 1. The third kappa shape index (κ3) is 4.27. The van der Waals surface area contributed by atoms with E-state index >= 15 is 0 Å². The number of hydrogen-bond acceptors (Lipinski definition) is 2. The SMILES string of the molecule is CC(C)(CC(=O)Nc1c(Cl)cc(Cl)cc1Cl)C(=O)O. The van der Waals surface area contributed by atoms with Gasteiger partial charge < -0.3 is 10.4 Å². The Kier molecular flexibility index (Phi) is 5.07. The minimum absolute atomic E-state index is 0.194. The normalized spacial score (nSPS) is 11.2. The van der Waals surface area contributed by atoms with Crippen molar-refractivity contribution in [2.24, 2.45) is 5.41 Å². The highest BCUT2D eigenvalue weighted by molar-refractivity contribution is 6.42. The van der Waals surface area contributed by atoms with Gasteiger partial charge in [-0.25, -0.2) is 0 Å². The van der Waals surface area contributed by atoms with Gasteiger partial charge in [0, 0.05) is 11.4 Å². The van der Waals surface area contributed by atoms with Gasteiger partial charge in [-0.2, -0.15) is 0 Å². The number of benzene rings is 1. The Morgan fingerprint density at radius 1 is 1.21 bits per heavy atom. The smallest absolute Gasteiger partial charge is 0.309 e. The van der Waals surface area contributed by atoms with Gasteiger partial charge in [-0.1, -0.05) is 34.8 Å². The van der Waals surface area contributed by atoms with Crippen LogP contribution in [0.4, 0.5) is 5.69 Å². The number of amides is 1. The molecule has 0 atom stereocenters. The molecule has 2 N–H and O–H groups in total. The molecule has 0 saturated heterocycles. The fraction of sp³-hybridized carbons (Fsp3) is 0.333. The minimum Gasteiger partial charge on any atom is -0.481 e. The Labute approximate surface area is 125 Å². The molecular formula is C12H12Cl3NO3. The number of halogens is 3. The second-order valence-corrected chi connectivity index (χ2v) is 5.91. The van der Waals surface area contributed by atoms with Gasteiger partial charge in [0.15, 0.2) is 0 Å². The summed E-state index contributed by atoms with van der Waals surface area (Å²) >= 11 is 17.6. The van der Waals surface area contributed by atoms with Crippen LogP contribution in [-0.4, -0.2) is 17.0 Å². The maximum Gasteiger partial charge on any atom is 0.309 e. The molecule has 0 radical (unpaired) electrons. The van der Waals surface area contributed by atoms with E-state index in [1.165, 1.54) is 26.0 Å². The molecular weight excluding hydrogens is 312 g/mol. The standard InChI is InChI=1S/C12H12Cl3NO3/c1-12(2,11(18)19)5-9(17)16-10-7(14)3-6(13)4-8(10)15/h3-4H,5H2,1-2H3,(H,16,17)(H,18,19). The Hall–Kier alpha value is -0.970. The van der Waals surface area contributed by atoms with E-state index in [2.05, 4.69) is 5.32 Å². The summed E-state index contributed by atoms with van der Waals surface area (Å²) in [6.45, 7) is 2.92. The van der Waals surface area contributed by atoms with Crippen LogP contribution in [0.25, 0.3) is 0 Å². The molecule has 1 aromatic rings. The van der Waals surface area contributed by atoms with Crippen LogP contribution in [0.15, 0.2) is 12.1 Å². The van der Waals surface area contributed by atoms with Gasteiger partial charge in [-0.3, -0.25) is 9.59 Å². The Bertz CT molecular complexity index is 506. The van der Waals surface area contributed by atoms with Crippen molar-refractivity contribution in [2.75, 3.05) is 5.32 Å². The largest absolute Gasteiger partial charge is 0.481 e. The second kappa shape index (κ2) is 5.99. The molecule has 0 aliphatic rings. The fourth-order valence-corrected chi connectivity index (χ4v) is 2.23. The average Bonchev–Trinajstić information content (AvgIpc) is 2.22. The summed E-state index contributed by atoms with van der Waals surface area (Å²) in [5.41, 5.74) is -0.950. The molecule has 7 heteroatoms. The van der Waals surface area contributed by atoms with Crippen molar-refractivity contribution in [1.82, 2.24) is 0 Å². The summed E-state index contributed by atoms with van der Waals surface area (Å²) < 4.78 is 0. The molecule has 0 fully saturated rings. The van der Waals surface area contributed by atoms with Crippen LogP contribution in [0.3, 0.4) is 0 Å². The molecule has 4 nitrogen and oxygen atoms in total. The summed E-state index contributed by atoms with van der Waals surface area (Å²) in [5, 5.41) is 12.2. The van der Waals surface area contributed by atoms with Crippen molar-refractivity contribution >= 4 is 52.4 Å². The van der Waals surface area contributed by atoms with Crippen molar-refractivity contribution in [1.29, 1.82) is 0 Å². The minimum atomic E-state index is -1.17. The quantitative estimate of drug-likeness (QED) is 0.876. The summed E-state index contributed by atoms with van der Waals surface area (Å²) in [6, 6.07) is 2.87. The Balaban J connectivity index is 2.87. The van der Waals surface area contributed by atoms with E-state index < -0.39 is 17.3 Å². The lowest BCUT2D eigenvalue weighted by Crippen LogP contribution is -2.29. The van der Waals surface area contributed by atoms with Gasteiger partial charge in [0.05, 0.1) is 21.1 Å². The van der Waals surface area contributed by atoms with Gasteiger partial charge >= 0.3 is 5.97 Å². The van der Waals surface area contributed by atoms with Crippen LogP contribution >= 0.6 is 34.8 Å². The van der Waals surface area contributed by atoms with Crippen LogP contribution < -0.4 is 5.32 Å². The molecule has 0 saturated carbocycles. The third-order valence-corrected chi connectivity index (χ3v) is 3.27. The maximum absolute atomic E-state index is 11.8. The van der Waals surface area contributed by atoms with E-state index in [1.807, 2.05) is 0 Å². The van der Waals surface area contributed by atoms with Crippen molar-refractivity contribution in [3.05, 3.63) is 27.2 Å². The second-order valence-electron chi connectivity index (χ2n) is 4.66. The van der Waals surface area contributed by atoms with Crippen LogP contribution in [0.2, 0.25) is 15.1 Å². The highest BCUT2D eigenvalue weighted by atomic mass is 35.5. The highest BCUT2D eigenvalue weighted by Gasteiger charge is 2.30. The van der Waals surface area contributed by atoms with Gasteiger partial charge in [0.1, 0.15) is 0 Å². The first-order valence-corrected chi connectivity index (χ1v) is 6.44. The monoisotopic (exact) mass is 323 g/mol. The first-order chi connectivity index (χ1) is 8.63. The van der Waals surface area contributed by atoms with Gasteiger partial charge in [-0.05, 0) is 26.0 Å². The Morgan fingerprint density at radius 2 is 1.68 bits per heavy atom. The summed E-state index contributed by atoms with van der Waals surface area (Å²) in [6.07, 6.45) is -0.197. The van der Waals surface area contributed by atoms with E-state index in [4.69, 9.17) is 39.9 Å². The van der Waals surface area contributed by atoms with Crippen LogP contribution in [-0.2, 0) is 9.59 Å². The molecule has 0 bridgehead atoms. The number of carboxylic acid groups (broad SMARTS) is 1. The lowest BCUT2D eigenvalue weighted by atomic mass is 9.89. The Morgan fingerprint density at radius 3 is 2.11 bits per heavy atom. The molecule has 0 aliphatic heterocycles. The molecule has 0 unspecified atom stereocenters. The van der Waals surface area contributed by atoms with Crippen molar-refractivity contribution < 1.29 is 14.7 Å². The molecule has 19 heavy (non-hydrogen) atoms. The van der Waals surface area contributed by atoms with Crippen LogP contribution in [0.1, 0.15) is 20.3 Å². The van der Waals surface area contributed by atoms with E-state index in [0.29, 0.717) is 5.02 Å². The number of rotatable bonds is 4. The zero-order chi connectivity index (χ0) is 14.8. The maximum atomic E-state index is 11.8. The molecule has 1 aromatic carbocycles. The van der Waals surface area contributed by atoms with Gasteiger partial charge in [0.2, 0.25) is 5.91 Å². The number of anilines is 1. The lowest BCUT2D eigenvalue weighted by molar-refractivity contribution is -0.148. The highest BCUT2D eigenvalue weighted by Crippen LogP contribution is 2.34. The molecule has 1 rings (SSSR count). The van der Waals surface area contributed by atoms with Gasteiger partial charge in [0.25, 0.3) is 0 Å². The van der Waals surface area contributed by atoms with Crippen molar-refractivity contribution in [3.8, 4) is 0 Å².